The highest BCUT2D eigenvalue weighted by molar-refractivity contribution is 6.01. The summed E-state index contributed by atoms with van der Waals surface area (Å²) in [7, 11) is 0. The van der Waals surface area contributed by atoms with Gasteiger partial charge in [0, 0.05) is 34.4 Å². The van der Waals surface area contributed by atoms with Gasteiger partial charge in [0.1, 0.15) is 12.2 Å². The smallest absolute Gasteiger partial charge is 0.411 e. The number of fused-ring (bicyclic) bond motifs is 1. The maximum Gasteiger partial charge on any atom is 0.411 e. The van der Waals surface area contributed by atoms with Crippen LogP contribution in [0.5, 0.6) is 0 Å². The van der Waals surface area contributed by atoms with E-state index in [1.165, 1.54) is 19.2 Å². The summed E-state index contributed by atoms with van der Waals surface area (Å²) < 4.78 is 7.46. The van der Waals surface area contributed by atoms with E-state index in [1.54, 1.807) is 0 Å². The first-order valence-corrected chi connectivity index (χ1v) is 11.5. The molecule has 1 fully saturated rings. The van der Waals surface area contributed by atoms with Crippen molar-refractivity contribution in [3.8, 4) is 11.3 Å². The molecule has 174 valence electrons. The molecule has 1 aliphatic carbocycles. The van der Waals surface area contributed by atoms with Crippen LogP contribution >= 0.6 is 0 Å². The van der Waals surface area contributed by atoms with Gasteiger partial charge in [0.25, 0.3) is 0 Å². The summed E-state index contributed by atoms with van der Waals surface area (Å²) in [4.78, 5) is 28.8. The molecule has 5 rings (SSSR count). The average Bonchev–Trinajstić information content (AvgIpc) is 3.34. The van der Waals surface area contributed by atoms with Crippen molar-refractivity contribution < 1.29 is 14.3 Å². The van der Waals surface area contributed by atoms with Crippen molar-refractivity contribution in [2.75, 3.05) is 5.32 Å². The Kier molecular flexibility index (Phi) is 5.88. The summed E-state index contributed by atoms with van der Waals surface area (Å²) in [5, 5.41) is 10.4. The number of carbonyl (C=O) groups is 2. The van der Waals surface area contributed by atoms with Gasteiger partial charge in [0.05, 0.1) is 12.5 Å². The van der Waals surface area contributed by atoms with Crippen LogP contribution in [0.3, 0.4) is 0 Å². The molecule has 0 radical (unpaired) electrons. The molecule has 1 aliphatic rings. The Hall–Kier alpha value is -3.94. The van der Waals surface area contributed by atoms with Crippen LogP contribution in [-0.4, -0.2) is 37.7 Å². The Morgan fingerprint density at radius 3 is 2.62 bits per heavy atom. The zero-order valence-corrected chi connectivity index (χ0v) is 19.2. The first-order chi connectivity index (χ1) is 16.5. The van der Waals surface area contributed by atoms with Crippen LogP contribution in [0, 0.1) is 5.92 Å². The van der Waals surface area contributed by atoms with Crippen molar-refractivity contribution in [1.29, 1.82) is 0 Å². The number of Topliss-reactive ketones (excluding diaryl/α,β-unsaturated/α-hetero) is 1. The van der Waals surface area contributed by atoms with Gasteiger partial charge in [0.2, 0.25) is 0 Å². The highest BCUT2D eigenvalue weighted by atomic mass is 16.6. The normalized spacial score (nSPS) is 13.4. The third-order valence-corrected chi connectivity index (χ3v) is 5.93. The van der Waals surface area contributed by atoms with E-state index in [0.29, 0.717) is 23.0 Å². The van der Waals surface area contributed by atoms with Gasteiger partial charge in [-0.05, 0) is 62.4 Å². The maximum atomic E-state index is 12.8. The largest absolute Gasteiger partial charge is 0.447 e. The van der Waals surface area contributed by atoms with Crippen molar-refractivity contribution in [2.45, 2.75) is 45.8 Å². The van der Waals surface area contributed by atoms with Crippen LogP contribution < -0.4 is 5.32 Å². The number of H-pyrrole nitrogens is 1. The average molecular weight is 458 g/mol. The van der Waals surface area contributed by atoms with Gasteiger partial charge in [-0.2, -0.15) is 5.10 Å². The minimum Gasteiger partial charge on any atom is -0.447 e. The number of ketones is 1. The summed E-state index contributed by atoms with van der Waals surface area (Å²) in [5.74, 6) is 1.22. The Morgan fingerprint density at radius 1 is 1.15 bits per heavy atom. The van der Waals surface area contributed by atoms with Crippen molar-refractivity contribution in [1.82, 2.24) is 19.7 Å². The lowest BCUT2D eigenvalue weighted by Crippen LogP contribution is -2.17. The Labute approximate surface area is 197 Å². The number of hydrogen-bond acceptors (Lipinski definition) is 5. The van der Waals surface area contributed by atoms with E-state index >= 15 is 0 Å². The second-order valence-electron chi connectivity index (χ2n) is 9.05. The third-order valence-electron chi connectivity index (χ3n) is 5.93. The van der Waals surface area contributed by atoms with Gasteiger partial charge in [-0.1, -0.05) is 24.3 Å². The highest BCUT2D eigenvalue weighted by Gasteiger charge is 2.24. The standard InChI is InChI=1S/C26H27N5O3/c1-16(2)34-26(33)29-21-9-7-18(8-10-21)22-11-19-5-6-20(24(32)13-25-27-15-28-30-25)12-23(19)31(22)14-17-3-4-17/h5-12,15-17H,3-4,13-14H2,1-2H3,(H,29,33)(H,27,28,30). The van der Waals surface area contributed by atoms with Crippen LogP contribution in [0.2, 0.25) is 0 Å². The monoisotopic (exact) mass is 457 g/mol. The third kappa shape index (κ3) is 4.85. The zero-order chi connectivity index (χ0) is 23.7. The number of rotatable bonds is 8. The number of aromatic amines is 1. The number of anilines is 1. The molecule has 4 aromatic rings. The summed E-state index contributed by atoms with van der Waals surface area (Å²) in [6, 6.07) is 15.8. The molecule has 0 atom stereocenters. The Bertz CT molecular complexity index is 1320. The molecule has 0 saturated heterocycles. The predicted octanol–water partition coefficient (Wildman–Crippen LogP) is 5.22. The number of amides is 1. The quantitative estimate of drug-likeness (QED) is 0.353. The maximum absolute atomic E-state index is 12.8. The Morgan fingerprint density at radius 2 is 1.94 bits per heavy atom. The van der Waals surface area contributed by atoms with Gasteiger partial charge in [-0.25, -0.2) is 9.78 Å². The molecule has 0 spiro atoms. The molecule has 0 unspecified atom stereocenters. The minimum absolute atomic E-state index is 0.00285. The number of nitrogens with zero attached hydrogens (tertiary/aromatic N) is 3. The molecule has 2 aromatic carbocycles. The van der Waals surface area contributed by atoms with Gasteiger partial charge in [-0.3, -0.25) is 15.2 Å². The van der Waals surface area contributed by atoms with Crippen molar-refractivity contribution in [3.63, 3.8) is 0 Å². The van der Waals surface area contributed by atoms with Gasteiger partial charge in [0.15, 0.2) is 5.78 Å². The van der Waals surface area contributed by atoms with E-state index in [-0.39, 0.29) is 18.3 Å². The van der Waals surface area contributed by atoms with Crippen LogP contribution in [0.25, 0.3) is 22.2 Å². The number of benzene rings is 2. The molecule has 8 nitrogen and oxygen atoms in total. The Balaban J connectivity index is 1.44. The molecule has 1 saturated carbocycles. The van der Waals surface area contributed by atoms with Crippen molar-refractivity contribution in [3.05, 3.63) is 66.2 Å². The van der Waals surface area contributed by atoms with E-state index in [1.807, 2.05) is 56.3 Å². The summed E-state index contributed by atoms with van der Waals surface area (Å²) in [6.45, 7) is 4.54. The van der Waals surface area contributed by atoms with Gasteiger partial charge in [-0.15, -0.1) is 0 Å². The highest BCUT2D eigenvalue weighted by Crippen LogP contribution is 2.36. The lowest BCUT2D eigenvalue weighted by molar-refractivity contribution is 0.0990. The van der Waals surface area contributed by atoms with Crippen molar-refractivity contribution >= 4 is 28.5 Å². The van der Waals surface area contributed by atoms with Gasteiger partial charge >= 0.3 is 6.09 Å². The van der Waals surface area contributed by atoms with Crippen LogP contribution in [0.15, 0.2) is 54.9 Å². The number of ether oxygens (including phenoxy) is 1. The summed E-state index contributed by atoms with van der Waals surface area (Å²) in [6.07, 6.45) is 3.41. The molecule has 1 amide bonds. The van der Waals surface area contributed by atoms with Crippen LogP contribution in [-0.2, 0) is 17.7 Å². The number of aromatic nitrogens is 4. The fourth-order valence-corrected chi connectivity index (χ4v) is 4.08. The minimum atomic E-state index is -0.465. The van der Waals surface area contributed by atoms with E-state index in [2.05, 4.69) is 31.1 Å². The lowest BCUT2D eigenvalue weighted by atomic mass is 10.1. The molecule has 2 N–H and O–H groups in total. The lowest BCUT2D eigenvalue weighted by Gasteiger charge is -2.12. The van der Waals surface area contributed by atoms with E-state index in [0.717, 1.165) is 28.7 Å². The zero-order valence-electron chi connectivity index (χ0n) is 19.2. The number of hydrogen-bond donors (Lipinski definition) is 2. The molecule has 34 heavy (non-hydrogen) atoms. The summed E-state index contributed by atoms with van der Waals surface area (Å²) in [5.41, 5.74) is 4.54. The van der Waals surface area contributed by atoms with Crippen LogP contribution in [0.1, 0.15) is 42.9 Å². The number of nitrogens with one attached hydrogen (secondary N) is 2. The first-order valence-electron chi connectivity index (χ1n) is 11.5. The molecule has 0 bridgehead atoms. The first kappa shape index (κ1) is 21.9. The van der Waals surface area contributed by atoms with E-state index in [4.69, 9.17) is 4.74 Å². The fourth-order valence-electron chi connectivity index (χ4n) is 4.08. The second-order valence-corrected chi connectivity index (χ2v) is 9.05. The SMILES string of the molecule is CC(C)OC(=O)Nc1ccc(-c2cc3ccc(C(=O)Cc4ncn[nH]4)cc3n2CC2CC2)cc1. The van der Waals surface area contributed by atoms with Crippen molar-refractivity contribution in [2.24, 2.45) is 5.92 Å². The second kappa shape index (κ2) is 9.13. The molecule has 2 aromatic heterocycles. The van der Waals surface area contributed by atoms with Gasteiger partial charge < -0.3 is 9.30 Å². The fraction of sp³-hybridized carbons (Fsp3) is 0.308. The molecule has 0 aliphatic heterocycles. The van der Waals surface area contributed by atoms with Crippen LogP contribution in [0.4, 0.5) is 10.5 Å². The molecular weight excluding hydrogens is 430 g/mol. The van der Waals surface area contributed by atoms with E-state index < -0.39 is 6.09 Å². The topological polar surface area (TPSA) is 102 Å². The number of carbonyl (C=O) groups excluding carboxylic acids is 2. The predicted molar refractivity (Wildman–Crippen MR) is 130 cm³/mol. The van der Waals surface area contributed by atoms with E-state index in [9.17, 15) is 9.59 Å². The summed E-state index contributed by atoms with van der Waals surface area (Å²) >= 11 is 0. The molecule has 8 heteroatoms. The molecular formula is C26H27N5O3. The molecule has 2 heterocycles.